The van der Waals surface area contributed by atoms with Gasteiger partial charge < -0.3 is 10.2 Å². The molecule has 1 heterocycles. The highest BCUT2D eigenvalue weighted by molar-refractivity contribution is 5.97. The molecule has 4 nitrogen and oxygen atoms in total. The smallest absolute Gasteiger partial charge is 0.303 e. The lowest BCUT2D eigenvalue weighted by Crippen LogP contribution is -2.06. The molecule has 0 fully saturated rings. The first-order valence-corrected chi connectivity index (χ1v) is 9.00. The second kappa shape index (κ2) is 7.74. The quantitative estimate of drug-likeness (QED) is 0.622. The van der Waals surface area contributed by atoms with Crippen LogP contribution < -0.4 is 0 Å². The minimum atomic E-state index is -0.835. The number of nitrogens with zero attached hydrogens (tertiary/aromatic N) is 1. The predicted molar refractivity (Wildman–Crippen MR) is 103 cm³/mol. The van der Waals surface area contributed by atoms with Crippen molar-refractivity contribution in [1.29, 1.82) is 0 Å². The fourth-order valence-corrected chi connectivity index (χ4v) is 3.47. The Balaban J connectivity index is 2.26. The minimum absolute atomic E-state index is 0.0726. The second-order valence-electron chi connectivity index (χ2n) is 6.96. The van der Waals surface area contributed by atoms with Crippen LogP contribution in [0.5, 0.6) is 5.75 Å². The molecule has 27 heavy (non-hydrogen) atoms. The number of hydrogen-bond acceptors (Lipinski definition) is 3. The van der Waals surface area contributed by atoms with Crippen molar-refractivity contribution < 1.29 is 19.4 Å². The maximum atomic E-state index is 13.4. The average molecular weight is 367 g/mol. The van der Waals surface area contributed by atoms with E-state index in [1.807, 2.05) is 6.07 Å². The van der Waals surface area contributed by atoms with Crippen LogP contribution in [0.2, 0.25) is 0 Å². The van der Waals surface area contributed by atoms with Crippen LogP contribution in [0.15, 0.2) is 42.5 Å². The van der Waals surface area contributed by atoms with Gasteiger partial charge in [0.05, 0.1) is 5.52 Å². The summed E-state index contributed by atoms with van der Waals surface area (Å²) in [4.78, 5) is 15.6. The molecule has 3 aromatic rings. The summed E-state index contributed by atoms with van der Waals surface area (Å²) < 4.78 is 13.4. The molecule has 2 N–H and O–H groups in total. The molecule has 0 saturated heterocycles. The van der Waals surface area contributed by atoms with Crippen molar-refractivity contribution in [2.24, 2.45) is 0 Å². The van der Waals surface area contributed by atoms with Crippen molar-refractivity contribution >= 4 is 16.9 Å². The Morgan fingerprint density at radius 1 is 1.15 bits per heavy atom. The second-order valence-corrected chi connectivity index (χ2v) is 6.96. The monoisotopic (exact) mass is 367 g/mol. The third-order valence-corrected chi connectivity index (χ3v) is 4.60. The van der Waals surface area contributed by atoms with Gasteiger partial charge in [-0.15, -0.1) is 0 Å². The Morgan fingerprint density at radius 2 is 1.85 bits per heavy atom. The van der Waals surface area contributed by atoms with Gasteiger partial charge in [0, 0.05) is 23.6 Å². The van der Waals surface area contributed by atoms with E-state index in [0.29, 0.717) is 18.4 Å². The number of aromatic hydroxyl groups is 1. The van der Waals surface area contributed by atoms with Gasteiger partial charge in [0.2, 0.25) is 0 Å². The molecular weight excluding hydrogens is 345 g/mol. The lowest BCUT2D eigenvalue weighted by molar-refractivity contribution is -0.137. The zero-order chi connectivity index (χ0) is 19.6. The molecule has 0 spiro atoms. The Morgan fingerprint density at radius 3 is 2.48 bits per heavy atom. The molecule has 140 valence electrons. The first-order valence-electron chi connectivity index (χ1n) is 9.00. The number of aromatic nitrogens is 1. The Hall–Kier alpha value is -2.95. The van der Waals surface area contributed by atoms with Gasteiger partial charge in [-0.2, -0.15) is 0 Å². The molecular formula is C22H22FNO3. The highest BCUT2D eigenvalue weighted by Crippen LogP contribution is 2.38. The summed E-state index contributed by atoms with van der Waals surface area (Å²) in [5.74, 6) is -0.870. The van der Waals surface area contributed by atoms with E-state index in [9.17, 15) is 14.3 Å². The van der Waals surface area contributed by atoms with Crippen LogP contribution in [0.25, 0.3) is 22.0 Å². The molecule has 3 rings (SSSR count). The standard InChI is InChI=1S/C22H22FNO3/c1-13(2)21-18(4-3-5-20(26)27)24-19-12-16(25)10-11-17(19)22(21)14-6-8-15(23)9-7-14/h6-13,25H,3-5H2,1-2H3,(H,26,27). The Kier molecular flexibility index (Phi) is 5.40. The number of rotatable bonds is 6. The molecule has 0 amide bonds. The van der Waals surface area contributed by atoms with Gasteiger partial charge in [0.25, 0.3) is 0 Å². The first-order chi connectivity index (χ1) is 12.9. The fourth-order valence-electron chi connectivity index (χ4n) is 3.47. The maximum Gasteiger partial charge on any atom is 0.303 e. The summed E-state index contributed by atoms with van der Waals surface area (Å²) in [5, 5.41) is 19.7. The van der Waals surface area contributed by atoms with Gasteiger partial charge in [0.15, 0.2) is 0 Å². The van der Waals surface area contributed by atoms with E-state index in [4.69, 9.17) is 10.1 Å². The number of carboxylic acid groups (broad SMARTS) is 1. The minimum Gasteiger partial charge on any atom is -0.508 e. The number of hydrogen-bond donors (Lipinski definition) is 2. The van der Waals surface area contributed by atoms with Crippen LogP contribution in [0, 0.1) is 5.82 Å². The predicted octanol–water partition coefficient (Wildman–Crippen LogP) is 5.28. The van der Waals surface area contributed by atoms with Crippen LogP contribution in [0.1, 0.15) is 43.9 Å². The molecule has 2 aromatic carbocycles. The van der Waals surface area contributed by atoms with Gasteiger partial charge in [-0.25, -0.2) is 4.39 Å². The molecule has 0 aliphatic rings. The van der Waals surface area contributed by atoms with E-state index in [0.717, 1.165) is 27.8 Å². The van der Waals surface area contributed by atoms with Gasteiger partial charge in [0.1, 0.15) is 11.6 Å². The van der Waals surface area contributed by atoms with Crippen molar-refractivity contribution in [1.82, 2.24) is 4.98 Å². The fraction of sp³-hybridized carbons (Fsp3) is 0.273. The van der Waals surface area contributed by atoms with Crippen molar-refractivity contribution in [3.05, 3.63) is 59.5 Å². The van der Waals surface area contributed by atoms with E-state index >= 15 is 0 Å². The van der Waals surface area contributed by atoms with Crippen molar-refractivity contribution in [3.63, 3.8) is 0 Å². The van der Waals surface area contributed by atoms with Crippen LogP contribution in [-0.4, -0.2) is 21.2 Å². The normalized spacial score (nSPS) is 11.3. The highest BCUT2D eigenvalue weighted by Gasteiger charge is 2.19. The van der Waals surface area contributed by atoms with Crippen LogP contribution >= 0.6 is 0 Å². The van der Waals surface area contributed by atoms with E-state index in [1.54, 1.807) is 24.3 Å². The molecule has 0 radical (unpaired) electrons. The first kappa shape index (κ1) is 18.8. The molecule has 0 aliphatic carbocycles. The van der Waals surface area contributed by atoms with Gasteiger partial charge >= 0.3 is 5.97 Å². The summed E-state index contributed by atoms with van der Waals surface area (Å²) in [6, 6.07) is 11.4. The number of pyridine rings is 1. The molecule has 1 aromatic heterocycles. The molecule has 0 unspecified atom stereocenters. The highest BCUT2D eigenvalue weighted by atomic mass is 19.1. The summed E-state index contributed by atoms with van der Waals surface area (Å²) >= 11 is 0. The largest absolute Gasteiger partial charge is 0.508 e. The van der Waals surface area contributed by atoms with Crippen LogP contribution in [0.4, 0.5) is 4.39 Å². The van der Waals surface area contributed by atoms with Gasteiger partial charge in [-0.05, 0) is 59.7 Å². The number of halogens is 1. The van der Waals surface area contributed by atoms with Crippen molar-refractivity contribution in [2.45, 2.75) is 39.0 Å². The molecule has 5 heteroatoms. The lowest BCUT2D eigenvalue weighted by atomic mass is 9.87. The van der Waals surface area contributed by atoms with Crippen molar-refractivity contribution in [3.8, 4) is 16.9 Å². The number of phenolic OH excluding ortho intramolecular Hbond substituents is 1. The number of phenols is 1. The van der Waals surface area contributed by atoms with Crippen molar-refractivity contribution in [2.75, 3.05) is 0 Å². The maximum absolute atomic E-state index is 13.4. The lowest BCUT2D eigenvalue weighted by Gasteiger charge is -2.20. The van der Waals surface area contributed by atoms with E-state index in [2.05, 4.69) is 13.8 Å². The number of carboxylic acids is 1. The van der Waals surface area contributed by atoms with Gasteiger partial charge in [-0.1, -0.05) is 26.0 Å². The SMILES string of the molecule is CC(C)c1c(CCCC(=O)O)nc2cc(O)ccc2c1-c1ccc(F)cc1. The van der Waals surface area contributed by atoms with Crippen LogP contribution in [0.3, 0.4) is 0 Å². The Labute approximate surface area is 157 Å². The zero-order valence-corrected chi connectivity index (χ0v) is 15.4. The summed E-state index contributed by atoms with van der Waals surface area (Å²) in [7, 11) is 0. The summed E-state index contributed by atoms with van der Waals surface area (Å²) in [5.41, 5.74) is 4.33. The number of fused-ring (bicyclic) bond motifs is 1. The summed E-state index contributed by atoms with van der Waals surface area (Å²) in [6.45, 7) is 4.13. The Bertz CT molecular complexity index is 981. The number of benzene rings is 2. The van der Waals surface area contributed by atoms with Crippen LogP contribution in [-0.2, 0) is 11.2 Å². The molecule has 0 bridgehead atoms. The number of aliphatic carboxylic acids is 1. The zero-order valence-electron chi connectivity index (χ0n) is 15.4. The molecule has 0 atom stereocenters. The van der Waals surface area contributed by atoms with E-state index in [-0.39, 0.29) is 23.9 Å². The van der Waals surface area contributed by atoms with Gasteiger partial charge in [-0.3, -0.25) is 9.78 Å². The topological polar surface area (TPSA) is 70.4 Å². The van der Waals surface area contributed by atoms with E-state index in [1.165, 1.54) is 12.1 Å². The number of aryl methyl sites for hydroxylation is 1. The molecule has 0 aliphatic heterocycles. The van der Waals surface area contributed by atoms with E-state index < -0.39 is 5.97 Å². The summed E-state index contributed by atoms with van der Waals surface area (Å²) in [6.07, 6.45) is 1.08. The molecule has 0 saturated carbocycles. The number of carbonyl (C=O) groups is 1. The third kappa shape index (κ3) is 4.08. The average Bonchev–Trinajstić information content (AvgIpc) is 2.60. The third-order valence-electron chi connectivity index (χ3n) is 4.60.